The highest BCUT2D eigenvalue weighted by Gasteiger charge is 2.32. The lowest BCUT2D eigenvalue weighted by molar-refractivity contribution is -0.148. The van der Waals surface area contributed by atoms with Crippen LogP contribution in [0.4, 0.5) is 13.2 Å². The Bertz CT molecular complexity index is 545. The van der Waals surface area contributed by atoms with Gasteiger partial charge in [-0.15, -0.1) is 0 Å². The number of nitrogens with zero attached hydrogens (tertiary/aromatic N) is 3. The first-order valence-corrected chi connectivity index (χ1v) is 10.8. The van der Waals surface area contributed by atoms with Crippen LogP contribution in [0.2, 0.25) is 0 Å². The average Bonchev–Trinajstić information content (AvgIpc) is 3.09. The van der Waals surface area contributed by atoms with Gasteiger partial charge in [-0.1, -0.05) is 13.8 Å². The van der Waals surface area contributed by atoms with Crippen molar-refractivity contribution in [2.75, 3.05) is 45.8 Å². The van der Waals surface area contributed by atoms with Crippen molar-refractivity contribution < 1.29 is 18.0 Å². The van der Waals surface area contributed by atoms with Crippen molar-refractivity contribution in [3.8, 4) is 0 Å². The molecule has 0 saturated carbocycles. The Morgan fingerprint density at radius 3 is 2.45 bits per heavy atom. The molecule has 2 heterocycles. The zero-order valence-electron chi connectivity index (χ0n) is 17.9. The lowest BCUT2D eigenvalue weighted by atomic mass is 9.93. The lowest BCUT2D eigenvalue weighted by Gasteiger charge is -2.32. The van der Waals surface area contributed by atoms with Gasteiger partial charge in [0.05, 0.1) is 6.54 Å². The van der Waals surface area contributed by atoms with Gasteiger partial charge in [0.2, 0.25) is 5.91 Å². The molecule has 1 amide bonds. The zero-order chi connectivity index (χ0) is 21.4. The summed E-state index contributed by atoms with van der Waals surface area (Å²) in [6, 6.07) is 0.195. The number of hydrogen-bond acceptors (Lipinski definition) is 3. The van der Waals surface area contributed by atoms with Crippen LogP contribution in [0.15, 0.2) is 4.99 Å². The van der Waals surface area contributed by atoms with Crippen molar-refractivity contribution in [3.63, 3.8) is 0 Å². The number of aliphatic imine (C=N–C) groups is 1. The van der Waals surface area contributed by atoms with Crippen LogP contribution >= 0.6 is 0 Å². The van der Waals surface area contributed by atoms with E-state index in [0.717, 1.165) is 44.7 Å². The molecule has 2 rings (SSSR count). The van der Waals surface area contributed by atoms with Gasteiger partial charge in [0.1, 0.15) is 0 Å². The summed E-state index contributed by atoms with van der Waals surface area (Å²) >= 11 is 0. The van der Waals surface area contributed by atoms with E-state index in [1.807, 2.05) is 25.7 Å². The summed E-state index contributed by atoms with van der Waals surface area (Å²) in [5.41, 5.74) is 0. The van der Waals surface area contributed by atoms with E-state index in [9.17, 15) is 18.0 Å². The van der Waals surface area contributed by atoms with Gasteiger partial charge >= 0.3 is 6.18 Å². The number of hydrogen-bond donors (Lipinski definition) is 2. The van der Waals surface area contributed by atoms with Gasteiger partial charge < -0.3 is 15.5 Å². The Kier molecular flexibility index (Phi) is 9.04. The highest BCUT2D eigenvalue weighted by Crippen LogP contribution is 2.24. The molecule has 2 N–H and O–H groups in total. The minimum atomic E-state index is -4.11. The molecule has 6 nitrogen and oxygen atoms in total. The van der Waals surface area contributed by atoms with Crippen LogP contribution in [0.5, 0.6) is 0 Å². The third-order valence-electron chi connectivity index (χ3n) is 5.60. The van der Waals surface area contributed by atoms with E-state index in [1.54, 1.807) is 0 Å². The molecule has 1 unspecified atom stereocenters. The molecule has 168 valence electrons. The average molecular weight is 420 g/mol. The quantitative estimate of drug-likeness (QED) is 0.492. The van der Waals surface area contributed by atoms with Crippen molar-refractivity contribution in [2.45, 2.75) is 58.7 Å². The monoisotopic (exact) mass is 419 g/mol. The van der Waals surface area contributed by atoms with E-state index in [2.05, 4.69) is 15.6 Å². The second-order valence-electron chi connectivity index (χ2n) is 8.45. The zero-order valence-corrected chi connectivity index (χ0v) is 17.9. The molecule has 2 saturated heterocycles. The van der Waals surface area contributed by atoms with Crippen LogP contribution in [0, 0.1) is 11.8 Å². The number of carbonyl (C=O) groups is 1. The van der Waals surface area contributed by atoms with Crippen molar-refractivity contribution in [3.05, 3.63) is 0 Å². The van der Waals surface area contributed by atoms with Crippen molar-refractivity contribution in [2.24, 2.45) is 16.8 Å². The Balaban J connectivity index is 1.74. The fraction of sp³-hybridized carbons (Fsp3) is 0.900. The maximum atomic E-state index is 12.5. The first kappa shape index (κ1) is 23.8. The largest absolute Gasteiger partial charge is 0.401 e. The van der Waals surface area contributed by atoms with Gasteiger partial charge in [0.25, 0.3) is 0 Å². The number of guanidine groups is 1. The number of carbonyl (C=O) groups excluding carboxylic acids is 1. The van der Waals surface area contributed by atoms with E-state index >= 15 is 0 Å². The standard InChI is InChI=1S/C20H36F3N5O/c1-4-24-19(26-17-8-12-28(13-17)18(29)15(2)3)25-9-5-16-6-10-27(11-7-16)14-20(21,22)23/h15-17H,4-14H2,1-3H3,(H2,24,25,26). The molecule has 9 heteroatoms. The summed E-state index contributed by atoms with van der Waals surface area (Å²) in [7, 11) is 0. The highest BCUT2D eigenvalue weighted by atomic mass is 19.4. The molecule has 0 aromatic carbocycles. The number of piperidine rings is 1. The molecule has 2 fully saturated rings. The van der Waals surface area contributed by atoms with Crippen LogP contribution in [0.25, 0.3) is 0 Å². The first-order chi connectivity index (χ1) is 13.7. The fourth-order valence-electron chi connectivity index (χ4n) is 4.00. The number of alkyl halides is 3. The second-order valence-corrected chi connectivity index (χ2v) is 8.45. The fourth-order valence-corrected chi connectivity index (χ4v) is 4.00. The molecule has 2 aliphatic heterocycles. The highest BCUT2D eigenvalue weighted by molar-refractivity contribution is 5.81. The topological polar surface area (TPSA) is 60.0 Å². The molecule has 0 radical (unpaired) electrons. The van der Waals surface area contributed by atoms with Gasteiger partial charge in [-0.05, 0) is 51.6 Å². The number of halogens is 3. The van der Waals surface area contributed by atoms with Crippen molar-refractivity contribution in [1.29, 1.82) is 0 Å². The second kappa shape index (κ2) is 11.0. The molecule has 0 aromatic heterocycles. The Labute approximate surface area is 172 Å². The number of nitrogens with one attached hydrogen (secondary N) is 2. The summed E-state index contributed by atoms with van der Waals surface area (Å²) in [6.07, 6.45) is -0.729. The van der Waals surface area contributed by atoms with Crippen LogP contribution in [0.3, 0.4) is 0 Å². The summed E-state index contributed by atoms with van der Waals surface area (Å²) in [5, 5.41) is 6.67. The predicted molar refractivity (Wildman–Crippen MR) is 109 cm³/mol. The molecular weight excluding hydrogens is 383 g/mol. The SMILES string of the molecule is CCNC(=NCCC1CCN(CC(F)(F)F)CC1)NC1CCN(C(=O)C(C)C)C1. The Morgan fingerprint density at radius 2 is 1.86 bits per heavy atom. The molecule has 0 aromatic rings. The van der Waals surface area contributed by atoms with Crippen LogP contribution in [-0.2, 0) is 4.79 Å². The van der Waals surface area contributed by atoms with Gasteiger partial charge in [0.15, 0.2) is 5.96 Å². The Morgan fingerprint density at radius 1 is 1.17 bits per heavy atom. The van der Waals surface area contributed by atoms with Crippen LogP contribution in [0.1, 0.15) is 46.5 Å². The van der Waals surface area contributed by atoms with Crippen LogP contribution < -0.4 is 10.6 Å². The van der Waals surface area contributed by atoms with Gasteiger partial charge in [-0.25, -0.2) is 0 Å². The summed E-state index contributed by atoms with van der Waals surface area (Å²) < 4.78 is 37.4. The summed E-state index contributed by atoms with van der Waals surface area (Å²) in [6.45, 7) is 8.93. The van der Waals surface area contributed by atoms with Crippen molar-refractivity contribution in [1.82, 2.24) is 20.4 Å². The molecule has 0 aliphatic carbocycles. The van der Waals surface area contributed by atoms with Crippen LogP contribution in [-0.4, -0.2) is 79.7 Å². The van der Waals surface area contributed by atoms with E-state index in [0.29, 0.717) is 32.1 Å². The molecule has 1 atom stereocenters. The van der Waals surface area contributed by atoms with E-state index < -0.39 is 12.7 Å². The van der Waals surface area contributed by atoms with E-state index in [4.69, 9.17) is 0 Å². The van der Waals surface area contributed by atoms with Gasteiger partial charge in [-0.2, -0.15) is 13.2 Å². The molecule has 2 aliphatic rings. The predicted octanol–water partition coefficient (Wildman–Crippen LogP) is 2.46. The number of rotatable bonds is 7. The van der Waals surface area contributed by atoms with Gasteiger partial charge in [-0.3, -0.25) is 14.7 Å². The summed E-state index contributed by atoms with van der Waals surface area (Å²) in [5.74, 6) is 1.38. The van der Waals surface area contributed by atoms with Crippen molar-refractivity contribution >= 4 is 11.9 Å². The van der Waals surface area contributed by atoms with E-state index in [-0.39, 0.29) is 17.9 Å². The Hall–Kier alpha value is -1.51. The molecule has 29 heavy (non-hydrogen) atoms. The van der Waals surface area contributed by atoms with Gasteiger partial charge in [0, 0.05) is 38.1 Å². The third-order valence-corrected chi connectivity index (χ3v) is 5.60. The number of amides is 1. The minimum absolute atomic E-state index is 0.0122. The maximum Gasteiger partial charge on any atom is 0.401 e. The minimum Gasteiger partial charge on any atom is -0.357 e. The number of likely N-dealkylation sites (tertiary alicyclic amines) is 2. The third kappa shape index (κ3) is 8.40. The maximum absolute atomic E-state index is 12.5. The summed E-state index contributed by atoms with van der Waals surface area (Å²) in [4.78, 5) is 20.2. The first-order valence-electron chi connectivity index (χ1n) is 10.8. The smallest absolute Gasteiger partial charge is 0.357 e. The van der Waals surface area contributed by atoms with E-state index in [1.165, 1.54) is 4.90 Å². The lowest BCUT2D eigenvalue weighted by Crippen LogP contribution is -2.45. The normalized spacial score (nSPS) is 22.4. The molecule has 0 bridgehead atoms. The molecule has 0 spiro atoms. The molecular formula is C20H36F3N5O.